The predicted molar refractivity (Wildman–Crippen MR) is 104 cm³/mol. The summed E-state index contributed by atoms with van der Waals surface area (Å²) in [6.07, 6.45) is 2.05. The van der Waals surface area contributed by atoms with Gasteiger partial charge >= 0.3 is 0 Å². The zero-order valence-corrected chi connectivity index (χ0v) is 16.0. The highest BCUT2D eigenvalue weighted by atomic mass is 16.2. The second kappa shape index (κ2) is 9.16. The van der Waals surface area contributed by atoms with Crippen LogP contribution in [0, 0.1) is 0 Å². The largest absolute Gasteiger partial charge is 0.342 e. The quantitative estimate of drug-likeness (QED) is 0.797. The molecule has 0 aliphatic carbocycles. The van der Waals surface area contributed by atoms with Crippen LogP contribution < -0.4 is 5.32 Å². The van der Waals surface area contributed by atoms with Crippen LogP contribution in [0.5, 0.6) is 0 Å². The Morgan fingerprint density at radius 1 is 0.964 bits per heavy atom. The molecule has 1 saturated heterocycles. The summed E-state index contributed by atoms with van der Waals surface area (Å²) in [4.78, 5) is 40.0. The molecule has 1 aliphatic rings. The van der Waals surface area contributed by atoms with Crippen LogP contribution in [0.3, 0.4) is 0 Å². The van der Waals surface area contributed by atoms with Gasteiger partial charge in [-0.2, -0.15) is 5.10 Å². The van der Waals surface area contributed by atoms with Gasteiger partial charge in [-0.05, 0) is 11.6 Å². The van der Waals surface area contributed by atoms with Crippen molar-refractivity contribution in [1.82, 2.24) is 24.9 Å². The van der Waals surface area contributed by atoms with E-state index in [1.54, 1.807) is 26.7 Å². The number of rotatable bonds is 6. The molecule has 8 heteroatoms. The molecule has 2 heterocycles. The van der Waals surface area contributed by atoms with Crippen LogP contribution in [-0.2, 0) is 16.1 Å². The Morgan fingerprint density at radius 2 is 1.61 bits per heavy atom. The summed E-state index contributed by atoms with van der Waals surface area (Å²) in [5.74, 6) is -0.375. The predicted octanol–water partition coefficient (Wildman–Crippen LogP) is 0.742. The Balaban J connectivity index is 1.50. The van der Waals surface area contributed by atoms with Gasteiger partial charge in [-0.25, -0.2) is 0 Å². The van der Waals surface area contributed by atoms with Gasteiger partial charge in [0, 0.05) is 38.8 Å². The van der Waals surface area contributed by atoms with Gasteiger partial charge in [0.2, 0.25) is 11.8 Å². The van der Waals surface area contributed by atoms with Crippen LogP contribution in [0.2, 0.25) is 0 Å². The maximum atomic E-state index is 12.5. The van der Waals surface area contributed by atoms with E-state index < -0.39 is 0 Å². The fourth-order valence-corrected chi connectivity index (χ4v) is 3.20. The molecule has 1 fully saturated rings. The van der Waals surface area contributed by atoms with Crippen molar-refractivity contribution in [3.05, 3.63) is 53.9 Å². The standard InChI is InChI=1S/C20H25N5O3/c1-2-18(26)23-10-12-24(13-11-23)19(27)14-21-20(28)17-8-9-22-25(17)15-16-6-4-3-5-7-16/h3-9H,2,10-15H2,1H3,(H,21,28). The minimum absolute atomic E-state index is 0.0723. The van der Waals surface area contributed by atoms with E-state index in [-0.39, 0.29) is 24.3 Å². The zero-order valence-electron chi connectivity index (χ0n) is 16.0. The summed E-state index contributed by atoms with van der Waals surface area (Å²) in [6, 6.07) is 11.4. The molecule has 3 amide bonds. The van der Waals surface area contributed by atoms with Crippen molar-refractivity contribution in [3.63, 3.8) is 0 Å². The highest BCUT2D eigenvalue weighted by molar-refractivity contribution is 5.95. The summed E-state index contributed by atoms with van der Waals surface area (Å²) in [5, 5.41) is 6.89. The molecule has 1 aromatic carbocycles. The lowest BCUT2D eigenvalue weighted by Crippen LogP contribution is -2.52. The monoisotopic (exact) mass is 383 g/mol. The number of carbonyl (C=O) groups excluding carboxylic acids is 3. The lowest BCUT2D eigenvalue weighted by Gasteiger charge is -2.34. The van der Waals surface area contributed by atoms with Gasteiger partial charge in [-0.15, -0.1) is 0 Å². The maximum absolute atomic E-state index is 12.5. The summed E-state index contributed by atoms with van der Waals surface area (Å²) >= 11 is 0. The van der Waals surface area contributed by atoms with E-state index in [0.717, 1.165) is 5.56 Å². The summed E-state index contributed by atoms with van der Waals surface area (Å²) < 4.78 is 1.62. The first-order valence-corrected chi connectivity index (χ1v) is 9.48. The Kier molecular flexibility index (Phi) is 6.41. The number of nitrogens with one attached hydrogen (secondary N) is 1. The minimum atomic E-state index is -0.332. The number of aromatic nitrogens is 2. The zero-order chi connectivity index (χ0) is 19.9. The normalized spacial score (nSPS) is 14.0. The van der Waals surface area contributed by atoms with Crippen LogP contribution in [0.15, 0.2) is 42.6 Å². The number of hydrogen-bond donors (Lipinski definition) is 1. The molecule has 1 aliphatic heterocycles. The Morgan fingerprint density at radius 3 is 2.25 bits per heavy atom. The minimum Gasteiger partial charge on any atom is -0.342 e. The fraction of sp³-hybridized carbons (Fsp3) is 0.400. The lowest BCUT2D eigenvalue weighted by atomic mass is 10.2. The Bertz CT molecular complexity index is 825. The summed E-state index contributed by atoms with van der Waals surface area (Å²) in [5.41, 5.74) is 1.45. The molecule has 2 aromatic rings. The average molecular weight is 383 g/mol. The molecule has 0 saturated carbocycles. The number of amides is 3. The third-order valence-electron chi connectivity index (χ3n) is 4.81. The molecule has 1 N–H and O–H groups in total. The van der Waals surface area contributed by atoms with Crippen molar-refractivity contribution < 1.29 is 14.4 Å². The maximum Gasteiger partial charge on any atom is 0.270 e. The third kappa shape index (κ3) is 4.76. The summed E-state index contributed by atoms with van der Waals surface area (Å²) in [7, 11) is 0. The Hall–Kier alpha value is -3.16. The Labute approximate surface area is 164 Å². The second-order valence-corrected chi connectivity index (χ2v) is 6.66. The topological polar surface area (TPSA) is 87.5 Å². The molecular weight excluding hydrogens is 358 g/mol. The number of piperazine rings is 1. The number of carbonyl (C=O) groups is 3. The molecule has 0 bridgehead atoms. The van der Waals surface area contributed by atoms with Crippen molar-refractivity contribution in [2.45, 2.75) is 19.9 Å². The van der Waals surface area contributed by atoms with Crippen molar-refractivity contribution in [3.8, 4) is 0 Å². The van der Waals surface area contributed by atoms with E-state index in [4.69, 9.17) is 0 Å². The molecule has 8 nitrogen and oxygen atoms in total. The van der Waals surface area contributed by atoms with Gasteiger partial charge in [0.05, 0.1) is 13.1 Å². The average Bonchev–Trinajstić information content (AvgIpc) is 3.20. The summed E-state index contributed by atoms with van der Waals surface area (Å²) in [6.45, 7) is 4.30. The van der Waals surface area contributed by atoms with Crippen molar-refractivity contribution >= 4 is 17.7 Å². The van der Waals surface area contributed by atoms with Crippen LogP contribution in [0.4, 0.5) is 0 Å². The van der Waals surface area contributed by atoms with Gasteiger partial charge in [-0.1, -0.05) is 37.3 Å². The molecule has 148 valence electrons. The smallest absolute Gasteiger partial charge is 0.270 e. The number of benzene rings is 1. The van der Waals surface area contributed by atoms with Crippen LogP contribution in [0.25, 0.3) is 0 Å². The molecule has 0 atom stereocenters. The molecule has 3 rings (SSSR count). The van der Waals surface area contributed by atoms with Crippen molar-refractivity contribution in [2.24, 2.45) is 0 Å². The van der Waals surface area contributed by atoms with E-state index >= 15 is 0 Å². The highest BCUT2D eigenvalue weighted by Gasteiger charge is 2.23. The third-order valence-corrected chi connectivity index (χ3v) is 4.81. The van der Waals surface area contributed by atoms with Gasteiger partial charge in [0.15, 0.2) is 0 Å². The van der Waals surface area contributed by atoms with Gasteiger partial charge in [0.1, 0.15) is 5.69 Å². The van der Waals surface area contributed by atoms with E-state index in [9.17, 15) is 14.4 Å². The molecule has 0 spiro atoms. The number of hydrogen-bond acceptors (Lipinski definition) is 4. The van der Waals surface area contributed by atoms with Gasteiger partial charge < -0.3 is 15.1 Å². The molecule has 0 radical (unpaired) electrons. The fourth-order valence-electron chi connectivity index (χ4n) is 3.20. The van der Waals surface area contributed by atoms with Crippen LogP contribution in [0.1, 0.15) is 29.4 Å². The van der Waals surface area contributed by atoms with E-state index in [0.29, 0.717) is 44.8 Å². The first kappa shape index (κ1) is 19.6. The second-order valence-electron chi connectivity index (χ2n) is 6.66. The first-order chi connectivity index (χ1) is 13.6. The van der Waals surface area contributed by atoms with E-state index in [1.807, 2.05) is 37.3 Å². The van der Waals surface area contributed by atoms with E-state index in [2.05, 4.69) is 10.4 Å². The molecular formula is C20H25N5O3. The van der Waals surface area contributed by atoms with Crippen molar-refractivity contribution in [1.29, 1.82) is 0 Å². The van der Waals surface area contributed by atoms with Crippen molar-refractivity contribution in [2.75, 3.05) is 32.7 Å². The number of nitrogens with zero attached hydrogens (tertiary/aromatic N) is 4. The van der Waals surface area contributed by atoms with Crippen LogP contribution in [-0.4, -0.2) is 70.0 Å². The molecule has 0 unspecified atom stereocenters. The molecule has 1 aromatic heterocycles. The van der Waals surface area contributed by atoms with Gasteiger partial charge in [-0.3, -0.25) is 19.1 Å². The highest BCUT2D eigenvalue weighted by Crippen LogP contribution is 2.07. The van der Waals surface area contributed by atoms with Gasteiger partial charge in [0.25, 0.3) is 5.91 Å². The first-order valence-electron chi connectivity index (χ1n) is 9.48. The SMILES string of the molecule is CCC(=O)N1CCN(C(=O)CNC(=O)c2ccnn2Cc2ccccc2)CC1. The van der Waals surface area contributed by atoms with E-state index in [1.165, 1.54) is 0 Å². The molecule has 28 heavy (non-hydrogen) atoms. The lowest BCUT2D eigenvalue weighted by molar-refractivity contribution is -0.138. The van der Waals surface area contributed by atoms with Crippen LogP contribution >= 0.6 is 0 Å².